The van der Waals surface area contributed by atoms with Gasteiger partial charge in [0.25, 0.3) is 0 Å². The fourth-order valence-corrected chi connectivity index (χ4v) is 7.69. The van der Waals surface area contributed by atoms with Gasteiger partial charge in [0.15, 0.2) is 16.8 Å². The molecule has 0 saturated carbocycles. The summed E-state index contributed by atoms with van der Waals surface area (Å²) in [5, 5.41) is 11.3. The zero-order valence-corrected chi connectivity index (χ0v) is 24.0. The molecule has 0 radical (unpaired) electrons. The monoisotopic (exact) mass is 584 g/mol. The van der Waals surface area contributed by atoms with Crippen LogP contribution in [-0.4, -0.2) is 52.7 Å². The molecule has 1 atom stereocenters. The third kappa shape index (κ3) is 5.38. The number of ketones is 1. The molecule has 1 aliphatic rings. The average molecular weight is 585 g/mol. The Hall–Kier alpha value is -3.99. The highest BCUT2D eigenvalue weighted by Crippen LogP contribution is 2.38. The van der Waals surface area contributed by atoms with Crippen LogP contribution in [0.4, 0.5) is 0 Å². The number of ether oxygens (including phenoxy) is 1. The maximum Gasteiger partial charge on any atom is 0.243 e. The molecule has 6 rings (SSSR count). The Bertz CT molecular complexity index is 1810. The van der Waals surface area contributed by atoms with Gasteiger partial charge in [-0.25, -0.2) is 8.42 Å². The van der Waals surface area contributed by atoms with Crippen LogP contribution in [0.2, 0.25) is 0 Å². The molecule has 2 heterocycles. The topological polar surface area (TPSA) is 94.4 Å². The van der Waals surface area contributed by atoms with Crippen LogP contribution in [0, 0.1) is 0 Å². The smallest absolute Gasteiger partial charge is 0.243 e. The van der Waals surface area contributed by atoms with E-state index in [1.54, 1.807) is 43.5 Å². The normalized spacial score (nSPS) is 15.8. The van der Waals surface area contributed by atoms with Gasteiger partial charge in [-0.2, -0.15) is 4.31 Å². The number of nitrogens with zero attached hydrogens (tertiary/aromatic N) is 4. The van der Waals surface area contributed by atoms with Crippen molar-refractivity contribution in [2.75, 3.05) is 19.4 Å². The number of aromatic nitrogens is 3. The SMILES string of the molecule is COc1ccc(C(=O)CSc2nnc([C@@H]3CCCN3S(=O)(=O)c3ccc4ccccc4c3)n2-c2ccccc2)cc1. The molecule has 1 aromatic heterocycles. The van der Waals surface area contributed by atoms with E-state index in [1.165, 1.54) is 16.1 Å². The molecule has 0 unspecified atom stereocenters. The molecule has 0 bridgehead atoms. The molecule has 0 spiro atoms. The van der Waals surface area contributed by atoms with Gasteiger partial charge in [0.2, 0.25) is 10.0 Å². The maximum atomic E-state index is 13.9. The molecular weight excluding hydrogens is 556 g/mol. The Morgan fingerprint density at radius 2 is 1.66 bits per heavy atom. The largest absolute Gasteiger partial charge is 0.497 e. The lowest BCUT2D eigenvalue weighted by atomic mass is 10.1. The van der Waals surface area contributed by atoms with Crippen molar-refractivity contribution < 1.29 is 17.9 Å². The van der Waals surface area contributed by atoms with E-state index in [1.807, 2.05) is 65.2 Å². The number of Topliss-reactive ketones (excluding diaryl/α,β-unsaturated/α-hetero) is 1. The highest BCUT2D eigenvalue weighted by molar-refractivity contribution is 7.99. The van der Waals surface area contributed by atoms with Crippen molar-refractivity contribution in [1.29, 1.82) is 0 Å². The third-order valence-corrected chi connectivity index (χ3v) is 10.1. The van der Waals surface area contributed by atoms with E-state index in [0.29, 0.717) is 41.7 Å². The van der Waals surface area contributed by atoms with E-state index in [0.717, 1.165) is 16.5 Å². The van der Waals surface area contributed by atoms with Crippen molar-refractivity contribution in [2.24, 2.45) is 0 Å². The molecule has 1 aliphatic heterocycles. The van der Waals surface area contributed by atoms with Crippen LogP contribution >= 0.6 is 11.8 Å². The number of sulfonamides is 1. The van der Waals surface area contributed by atoms with Gasteiger partial charge in [-0.15, -0.1) is 10.2 Å². The van der Waals surface area contributed by atoms with E-state index >= 15 is 0 Å². The van der Waals surface area contributed by atoms with E-state index in [2.05, 4.69) is 10.2 Å². The highest BCUT2D eigenvalue weighted by Gasteiger charge is 2.39. The first kappa shape index (κ1) is 27.2. The highest BCUT2D eigenvalue weighted by atomic mass is 32.2. The Kier molecular flexibility index (Phi) is 7.61. The molecule has 0 amide bonds. The minimum Gasteiger partial charge on any atom is -0.497 e. The summed E-state index contributed by atoms with van der Waals surface area (Å²) < 4.78 is 36.5. The minimum atomic E-state index is -3.80. The second-order valence-corrected chi connectivity index (χ2v) is 12.6. The van der Waals surface area contributed by atoms with Gasteiger partial charge in [-0.1, -0.05) is 60.3 Å². The van der Waals surface area contributed by atoms with Crippen LogP contribution in [0.5, 0.6) is 5.75 Å². The number of benzene rings is 4. The minimum absolute atomic E-state index is 0.0526. The van der Waals surface area contributed by atoms with Crippen molar-refractivity contribution in [2.45, 2.75) is 28.9 Å². The number of rotatable bonds is 9. The zero-order valence-electron chi connectivity index (χ0n) is 22.4. The number of methoxy groups -OCH3 is 1. The van der Waals surface area contributed by atoms with E-state index < -0.39 is 16.1 Å². The van der Waals surface area contributed by atoms with Crippen molar-refractivity contribution in [3.8, 4) is 11.4 Å². The molecule has 0 N–H and O–H groups in total. The lowest BCUT2D eigenvalue weighted by molar-refractivity contribution is 0.102. The molecule has 8 nitrogen and oxygen atoms in total. The van der Waals surface area contributed by atoms with Gasteiger partial charge in [0.05, 0.1) is 23.8 Å². The molecule has 0 aliphatic carbocycles. The molecule has 5 aromatic rings. The standard InChI is InChI=1S/C31H28N4O4S2/c1-39-26-16-13-23(14-17-26)29(36)21-40-31-33-32-30(35(31)25-10-3-2-4-11-25)28-12-7-19-34(28)41(37,38)27-18-15-22-8-5-6-9-24(22)20-27/h2-6,8-11,13-18,20,28H,7,12,19,21H2,1H3/t28-/m0/s1. The van der Waals surface area contributed by atoms with Crippen LogP contribution in [0.1, 0.15) is 35.1 Å². The summed E-state index contributed by atoms with van der Waals surface area (Å²) in [6, 6.07) is 29.0. The molecule has 1 saturated heterocycles. The summed E-state index contributed by atoms with van der Waals surface area (Å²) in [6.45, 7) is 0.389. The Balaban J connectivity index is 1.32. The van der Waals surface area contributed by atoms with Gasteiger partial charge in [-0.05, 0) is 72.1 Å². The predicted octanol–water partition coefficient (Wildman–Crippen LogP) is 5.93. The summed E-state index contributed by atoms with van der Waals surface area (Å²) in [4.78, 5) is 13.2. The predicted molar refractivity (Wildman–Crippen MR) is 159 cm³/mol. The lowest BCUT2D eigenvalue weighted by Crippen LogP contribution is -2.32. The first-order valence-corrected chi connectivity index (χ1v) is 15.7. The van der Waals surface area contributed by atoms with Crippen molar-refractivity contribution in [3.05, 3.63) is 108 Å². The first-order valence-electron chi connectivity index (χ1n) is 13.3. The van der Waals surface area contributed by atoms with Crippen molar-refractivity contribution >= 4 is 38.3 Å². The van der Waals surface area contributed by atoms with Crippen molar-refractivity contribution in [3.63, 3.8) is 0 Å². The van der Waals surface area contributed by atoms with Crippen LogP contribution < -0.4 is 4.74 Å². The fraction of sp³-hybridized carbons (Fsp3) is 0.194. The lowest BCUT2D eigenvalue weighted by Gasteiger charge is -2.24. The first-order chi connectivity index (χ1) is 20.0. The Morgan fingerprint density at radius 1 is 0.927 bits per heavy atom. The number of hydrogen-bond acceptors (Lipinski definition) is 7. The third-order valence-electron chi connectivity index (χ3n) is 7.25. The van der Waals surface area contributed by atoms with Crippen LogP contribution in [0.3, 0.4) is 0 Å². The summed E-state index contributed by atoms with van der Waals surface area (Å²) in [5.74, 6) is 1.32. The fourth-order valence-electron chi connectivity index (χ4n) is 5.15. The summed E-state index contributed by atoms with van der Waals surface area (Å²) in [5.41, 5.74) is 1.38. The van der Waals surface area contributed by atoms with Gasteiger partial charge in [-0.3, -0.25) is 9.36 Å². The summed E-state index contributed by atoms with van der Waals surface area (Å²) >= 11 is 1.28. The second-order valence-electron chi connectivity index (χ2n) is 9.73. The average Bonchev–Trinajstić information content (AvgIpc) is 3.68. The molecule has 1 fully saturated rings. The summed E-state index contributed by atoms with van der Waals surface area (Å²) in [7, 11) is -2.22. The number of carbonyl (C=O) groups excluding carboxylic acids is 1. The maximum absolute atomic E-state index is 13.9. The molecular formula is C31H28N4O4S2. The van der Waals surface area contributed by atoms with Gasteiger partial charge in [0, 0.05) is 17.8 Å². The number of thioether (sulfide) groups is 1. The van der Waals surface area contributed by atoms with E-state index in [-0.39, 0.29) is 16.4 Å². The number of hydrogen-bond donors (Lipinski definition) is 0. The van der Waals surface area contributed by atoms with Crippen LogP contribution in [-0.2, 0) is 10.0 Å². The summed E-state index contributed by atoms with van der Waals surface area (Å²) in [6.07, 6.45) is 1.32. The second kappa shape index (κ2) is 11.5. The Morgan fingerprint density at radius 3 is 2.41 bits per heavy atom. The quantitative estimate of drug-likeness (QED) is 0.157. The Labute approximate surface area is 243 Å². The van der Waals surface area contributed by atoms with Crippen molar-refractivity contribution in [1.82, 2.24) is 19.1 Å². The number of fused-ring (bicyclic) bond motifs is 1. The van der Waals surface area contributed by atoms with Gasteiger partial charge < -0.3 is 4.74 Å². The number of para-hydroxylation sites is 1. The van der Waals surface area contributed by atoms with E-state index in [4.69, 9.17) is 4.74 Å². The van der Waals surface area contributed by atoms with Crippen LogP contribution in [0.25, 0.3) is 16.5 Å². The van der Waals surface area contributed by atoms with E-state index in [9.17, 15) is 13.2 Å². The van der Waals surface area contributed by atoms with Gasteiger partial charge in [0.1, 0.15) is 5.75 Å². The number of carbonyl (C=O) groups is 1. The molecule has 10 heteroatoms. The molecule has 4 aromatic carbocycles. The van der Waals surface area contributed by atoms with Gasteiger partial charge >= 0.3 is 0 Å². The van der Waals surface area contributed by atoms with Crippen LogP contribution in [0.15, 0.2) is 107 Å². The molecule has 208 valence electrons. The molecule has 41 heavy (non-hydrogen) atoms. The zero-order chi connectivity index (χ0) is 28.4.